The van der Waals surface area contributed by atoms with Gasteiger partial charge in [0.05, 0.1) is 0 Å². The topological polar surface area (TPSA) is 55.3 Å². The van der Waals surface area contributed by atoms with Crippen molar-refractivity contribution in [3.63, 3.8) is 0 Å². The van der Waals surface area contributed by atoms with E-state index in [4.69, 9.17) is 0 Å². The molecular weight excluding hydrogens is 165 g/mol. The molecule has 0 unspecified atom stereocenters. The summed E-state index contributed by atoms with van der Waals surface area (Å²) in [5.41, 5.74) is 0. The van der Waals surface area contributed by atoms with Crippen molar-refractivity contribution in [2.75, 3.05) is 0 Å². The van der Waals surface area contributed by atoms with Gasteiger partial charge in [0.2, 0.25) is 0 Å². The smallest absolute Gasteiger partial charge is 0.810 e. The van der Waals surface area contributed by atoms with Gasteiger partial charge in [-0.1, -0.05) is 26.8 Å². The van der Waals surface area contributed by atoms with Gasteiger partial charge >= 0.3 is 37.7 Å². The summed E-state index contributed by atoms with van der Waals surface area (Å²) < 4.78 is 4.37. The molecule has 0 aliphatic carbocycles. The number of benzene rings is 1. The van der Waals surface area contributed by atoms with Crippen LogP contribution in [0.4, 0.5) is 0 Å². The SMILES string of the molecule is [Li+].[Li+].[O-]P([O-])Oc1ccccc1. The monoisotopic (exact) mass is 170 g/mol. The van der Waals surface area contributed by atoms with Gasteiger partial charge in [0.15, 0.2) is 0 Å². The maximum atomic E-state index is 9.98. The maximum Gasteiger partial charge on any atom is 1.00 e. The third-order valence-corrected chi connectivity index (χ3v) is 1.28. The molecule has 0 amide bonds. The Hall–Kier alpha value is 0.565. The van der Waals surface area contributed by atoms with Crippen LogP contribution in [-0.4, -0.2) is 0 Å². The van der Waals surface area contributed by atoms with Gasteiger partial charge in [-0.15, -0.1) is 0 Å². The summed E-state index contributed by atoms with van der Waals surface area (Å²) in [6, 6.07) is 8.34. The largest absolute Gasteiger partial charge is 1.00 e. The molecule has 1 rings (SSSR count). The van der Waals surface area contributed by atoms with Crippen LogP contribution < -0.4 is 52.0 Å². The van der Waals surface area contributed by atoms with E-state index in [-0.39, 0.29) is 37.7 Å². The van der Waals surface area contributed by atoms with Gasteiger partial charge < -0.3 is 14.3 Å². The van der Waals surface area contributed by atoms with Crippen LogP contribution >= 0.6 is 8.60 Å². The summed E-state index contributed by atoms with van der Waals surface area (Å²) in [5.74, 6) is 0.346. The average molecular weight is 170 g/mol. The summed E-state index contributed by atoms with van der Waals surface area (Å²) in [6.07, 6.45) is 0. The molecule has 0 atom stereocenters. The third kappa shape index (κ3) is 6.12. The third-order valence-electron chi connectivity index (χ3n) is 0.923. The van der Waals surface area contributed by atoms with Gasteiger partial charge in [0, 0.05) is 0 Å². The molecule has 0 spiro atoms. The second kappa shape index (κ2) is 8.18. The first kappa shape index (κ1) is 15.1. The molecule has 0 saturated carbocycles. The van der Waals surface area contributed by atoms with E-state index >= 15 is 0 Å². The van der Waals surface area contributed by atoms with Crippen LogP contribution in [0.15, 0.2) is 30.3 Å². The molecule has 0 radical (unpaired) electrons. The Kier molecular flexibility index (Phi) is 10.3. The Morgan fingerprint density at radius 3 is 1.92 bits per heavy atom. The minimum absolute atomic E-state index is 0. The van der Waals surface area contributed by atoms with E-state index in [0.29, 0.717) is 5.75 Å². The van der Waals surface area contributed by atoms with Crippen molar-refractivity contribution < 1.29 is 52.0 Å². The van der Waals surface area contributed by atoms with Crippen LogP contribution in [0, 0.1) is 0 Å². The van der Waals surface area contributed by atoms with Crippen molar-refractivity contribution in [2.45, 2.75) is 0 Å². The Morgan fingerprint density at radius 2 is 1.50 bits per heavy atom. The zero-order valence-corrected chi connectivity index (χ0v) is 7.95. The van der Waals surface area contributed by atoms with Crippen LogP contribution in [0.3, 0.4) is 0 Å². The van der Waals surface area contributed by atoms with Crippen LogP contribution in [0.5, 0.6) is 5.75 Å². The van der Waals surface area contributed by atoms with Gasteiger partial charge in [0.25, 0.3) is 0 Å². The second-order valence-electron chi connectivity index (χ2n) is 1.63. The second-order valence-corrected chi connectivity index (χ2v) is 2.26. The molecule has 12 heavy (non-hydrogen) atoms. The van der Waals surface area contributed by atoms with Crippen molar-refractivity contribution in [3.05, 3.63) is 30.3 Å². The molecule has 0 aromatic heterocycles. The Balaban J connectivity index is 0. The first-order chi connectivity index (χ1) is 4.79. The van der Waals surface area contributed by atoms with Gasteiger partial charge in [-0.25, -0.2) is 0 Å². The molecule has 1 aromatic rings. The molecule has 54 valence electrons. The summed E-state index contributed by atoms with van der Waals surface area (Å²) in [7, 11) is -2.78. The minimum Gasteiger partial charge on any atom is -0.810 e. The van der Waals surface area contributed by atoms with Gasteiger partial charge in [-0.3, -0.25) is 0 Å². The van der Waals surface area contributed by atoms with Gasteiger partial charge in [0.1, 0.15) is 5.75 Å². The standard InChI is InChI=1S/C6H5O3P.2Li/c7-10(8)9-6-4-2-1-3-5-6;;/h1-5H;;/q-2;2*+1. The van der Waals surface area contributed by atoms with Crippen molar-refractivity contribution in [1.29, 1.82) is 0 Å². The zero-order valence-electron chi connectivity index (χ0n) is 7.06. The van der Waals surface area contributed by atoms with Crippen LogP contribution in [0.1, 0.15) is 0 Å². The van der Waals surface area contributed by atoms with E-state index in [1.54, 1.807) is 30.3 Å². The zero-order chi connectivity index (χ0) is 7.40. The van der Waals surface area contributed by atoms with E-state index < -0.39 is 8.60 Å². The molecule has 0 aliphatic rings. The fourth-order valence-electron chi connectivity index (χ4n) is 0.567. The number of para-hydroxylation sites is 1. The van der Waals surface area contributed by atoms with E-state index in [1.165, 1.54) is 0 Å². The van der Waals surface area contributed by atoms with E-state index in [0.717, 1.165) is 0 Å². The molecule has 3 nitrogen and oxygen atoms in total. The fraction of sp³-hybridized carbons (Fsp3) is 0. The first-order valence-corrected chi connectivity index (χ1v) is 3.76. The summed E-state index contributed by atoms with van der Waals surface area (Å²) in [6.45, 7) is 0. The fourth-order valence-corrected chi connectivity index (χ4v) is 0.861. The predicted octanol–water partition coefficient (Wildman–Crippen LogP) is -5.98. The maximum absolute atomic E-state index is 9.98. The molecule has 0 heterocycles. The average Bonchev–Trinajstić information content (AvgIpc) is 1.88. The molecule has 6 heteroatoms. The van der Waals surface area contributed by atoms with Gasteiger partial charge in [-0.05, 0) is 12.1 Å². The summed E-state index contributed by atoms with van der Waals surface area (Å²) in [5, 5.41) is 0. The van der Waals surface area contributed by atoms with Crippen molar-refractivity contribution >= 4 is 8.60 Å². The molecule has 0 aliphatic heterocycles. The van der Waals surface area contributed by atoms with E-state index in [9.17, 15) is 9.79 Å². The summed E-state index contributed by atoms with van der Waals surface area (Å²) in [4.78, 5) is 20.0. The Bertz CT molecular complexity index is 195. The van der Waals surface area contributed by atoms with Crippen LogP contribution in [0.25, 0.3) is 0 Å². The minimum atomic E-state index is -2.78. The molecule has 0 bridgehead atoms. The number of hydrogen-bond donors (Lipinski definition) is 0. The van der Waals surface area contributed by atoms with Crippen LogP contribution in [0.2, 0.25) is 0 Å². The predicted molar refractivity (Wildman–Crippen MR) is 34.0 cm³/mol. The Morgan fingerprint density at radius 1 is 1.00 bits per heavy atom. The van der Waals surface area contributed by atoms with Crippen molar-refractivity contribution in [1.82, 2.24) is 0 Å². The quantitative estimate of drug-likeness (QED) is 0.328. The molecule has 0 N–H and O–H groups in total. The number of hydrogen-bond acceptors (Lipinski definition) is 3. The van der Waals surface area contributed by atoms with E-state index in [1.807, 2.05) is 0 Å². The molecule has 1 aromatic carbocycles. The first-order valence-electron chi connectivity index (χ1n) is 2.66. The number of rotatable bonds is 2. The summed E-state index contributed by atoms with van der Waals surface area (Å²) >= 11 is 0. The van der Waals surface area contributed by atoms with Crippen LogP contribution in [-0.2, 0) is 0 Å². The van der Waals surface area contributed by atoms with E-state index in [2.05, 4.69) is 4.52 Å². The normalized spacial score (nSPS) is 8.25. The van der Waals surface area contributed by atoms with Crippen molar-refractivity contribution in [2.24, 2.45) is 0 Å². The van der Waals surface area contributed by atoms with Gasteiger partial charge in [-0.2, -0.15) is 0 Å². The molecule has 0 fully saturated rings. The molecule has 0 saturated heterocycles. The molecular formula is C6H5Li2O3P. The Labute approximate surface area is 96.5 Å². The van der Waals surface area contributed by atoms with Crippen molar-refractivity contribution in [3.8, 4) is 5.75 Å².